The number of hydrogen-bond acceptors (Lipinski definition) is 18. The lowest BCUT2D eigenvalue weighted by atomic mass is 10.1. The second kappa shape index (κ2) is 31.1. The minimum absolute atomic E-state index is 0.0912. The van der Waals surface area contributed by atoms with Crippen molar-refractivity contribution in [3.05, 3.63) is 67.7 Å². The number of nitrogens with two attached hydrogens (primary N) is 4. The number of rotatable bonds is 23. The van der Waals surface area contributed by atoms with E-state index in [2.05, 4.69) is 30.9 Å². The van der Waals surface area contributed by atoms with Crippen molar-refractivity contribution in [2.24, 2.45) is 27.9 Å². The number of aliphatic imine (C=N–C) groups is 1. The van der Waals surface area contributed by atoms with E-state index in [1.165, 1.54) is 18.3 Å². The van der Waals surface area contributed by atoms with Gasteiger partial charge in [-0.3, -0.25) is 43.9 Å². The van der Waals surface area contributed by atoms with E-state index in [1.54, 1.807) is 49.9 Å². The molecule has 70 heavy (non-hydrogen) atoms. The smallest absolute Gasteiger partial charge is 0.320 e. The van der Waals surface area contributed by atoms with Gasteiger partial charge < -0.3 is 78.4 Å². The lowest BCUT2D eigenvalue weighted by molar-refractivity contribution is -0.139. The molecule has 18 N–H and O–H groups in total. The van der Waals surface area contributed by atoms with E-state index in [0.29, 0.717) is 107 Å². The van der Waals surface area contributed by atoms with Gasteiger partial charge in [-0.1, -0.05) is 0 Å². The summed E-state index contributed by atoms with van der Waals surface area (Å²) in [7, 11) is 0. The first kappa shape index (κ1) is 60.9. The van der Waals surface area contributed by atoms with E-state index in [9.17, 15) is 48.9 Å². The van der Waals surface area contributed by atoms with Crippen molar-refractivity contribution < 1.29 is 59.7 Å². The minimum Gasteiger partial charge on any atom is -0.504 e. The summed E-state index contributed by atoms with van der Waals surface area (Å²) in [6.45, 7) is 10.8. The van der Waals surface area contributed by atoms with Gasteiger partial charge in [0.1, 0.15) is 30.2 Å². The summed E-state index contributed by atoms with van der Waals surface area (Å²) >= 11 is 0. The zero-order chi connectivity index (χ0) is 53.2. The maximum atomic E-state index is 11.1. The molecule has 0 spiro atoms. The number of guanidine groups is 1. The van der Waals surface area contributed by atoms with Crippen LogP contribution in [0.25, 0.3) is 0 Å². The highest BCUT2D eigenvalue weighted by Crippen LogP contribution is 2.19. The van der Waals surface area contributed by atoms with Crippen LogP contribution in [0.5, 0.6) is 17.2 Å². The van der Waals surface area contributed by atoms with Gasteiger partial charge in [0.25, 0.3) is 0 Å². The van der Waals surface area contributed by atoms with E-state index in [1.807, 2.05) is 0 Å². The van der Waals surface area contributed by atoms with E-state index < -0.39 is 58.9 Å². The number of carboxylic acid groups (broad SMARTS) is 4. The molecule has 3 aromatic heterocycles. The van der Waals surface area contributed by atoms with Crippen LogP contribution in [0.2, 0.25) is 0 Å². The number of aliphatic carboxylic acids is 4. The van der Waals surface area contributed by atoms with E-state index in [0.717, 1.165) is 18.5 Å². The van der Waals surface area contributed by atoms with Gasteiger partial charge >= 0.3 is 23.9 Å². The van der Waals surface area contributed by atoms with Crippen LogP contribution in [-0.4, -0.2) is 134 Å². The van der Waals surface area contributed by atoms with Crippen molar-refractivity contribution in [1.29, 1.82) is 0 Å². The zero-order valence-electron chi connectivity index (χ0n) is 40.1. The summed E-state index contributed by atoms with van der Waals surface area (Å²) in [6.07, 6.45) is 8.63. The largest absolute Gasteiger partial charge is 0.504 e. The molecule has 4 unspecified atom stereocenters. The van der Waals surface area contributed by atoms with Gasteiger partial charge in [0.2, 0.25) is 22.7 Å². The Hall–Kier alpha value is -7.16. The Morgan fingerprint density at radius 2 is 1.17 bits per heavy atom. The predicted molar refractivity (Wildman–Crippen MR) is 258 cm³/mol. The van der Waals surface area contributed by atoms with Gasteiger partial charge in [0.15, 0.2) is 23.2 Å². The van der Waals surface area contributed by atoms with Crippen LogP contribution in [0.3, 0.4) is 0 Å². The van der Waals surface area contributed by atoms with Crippen LogP contribution in [-0.2, 0) is 37.1 Å². The van der Waals surface area contributed by atoms with Crippen molar-refractivity contribution in [2.45, 2.75) is 142 Å². The number of nitrogens with zero attached hydrogens (tertiary/aromatic N) is 5. The Morgan fingerprint density at radius 3 is 1.64 bits per heavy atom. The number of amides is 1. The van der Waals surface area contributed by atoms with Crippen molar-refractivity contribution in [3.8, 4) is 17.2 Å². The average molecular weight is 991 g/mol. The van der Waals surface area contributed by atoms with Crippen molar-refractivity contribution in [3.63, 3.8) is 0 Å². The maximum Gasteiger partial charge on any atom is 0.320 e. The first-order chi connectivity index (χ1) is 32.8. The molecule has 5 atom stereocenters. The average Bonchev–Trinajstić information content (AvgIpc) is 3.62. The number of carbonyl (C=O) groups excluding carboxylic acids is 1. The lowest BCUT2D eigenvalue weighted by Gasteiger charge is -2.11. The summed E-state index contributed by atoms with van der Waals surface area (Å²) in [6, 6.07) is -0.910. The third-order valence-corrected chi connectivity index (χ3v) is 10.5. The van der Waals surface area contributed by atoms with Gasteiger partial charge in [-0.15, -0.1) is 0 Å². The first-order valence-electron chi connectivity index (χ1n) is 22.4. The summed E-state index contributed by atoms with van der Waals surface area (Å²) in [4.78, 5) is 87.5. The zero-order valence-corrected chi connectivity index (χ0v) is 40.1. The molecular formula is C44H70N12O14. The maximum absolute atomic E-state index is 11.1. The number of nitrogens with one attached hydrogen (secondary N) is 3. The van der Waals surface area contributed by atoms with Gasteiger partial charge in [-0.25, -0.2) is 9.97 Å². The summed E-state index contributed by atoms with van der Waals surface area (Å²) in [5.74, 6) is -3.65. The molecule has 1 aliphatic rings. The second-order valence-corrected chi connectivity index (χ2v) is 16.3. The molecule has 0 radical (unpaired) electrons. The Balaban J connectivity index is 0.000000467. The quantitative estimate of drug-likeness (QED) is 0.0553. The molecule has 4 rings (SSSR count). The van der Waals surface area contributed by atoms with Crippen molar-refractivity contribution >= 4 is 41.7 Å². The fraction of sp³-hybridized carbons (Fsp3) is 0.545. The number of aromatic hydroxyl groups is 3. The van der Waals surface area contributed by atoms with E-state index in [-0.39, 0.29) is 29.2 Å². The van der Waals surface area contributed by atoms with Gasteiger partial charge in [0, 0.05) is 56.4 Å². The molecule has 1 amide bonds. The van der Waals surface area contributed by atoms with Crippen LogP contribution in [0, 0.1) is 27.7 Å². The highest BCUT2D eigenvalue weighted by Gasteiger charge is 2.23. The molecule has 390 valence electrons. The van der Waals surface area contributed by atoms with Crippen LogP contribution >= 0.6 is 0 Å². The van der Waals surface area contributed by atoms with Crippen LogP contribution < -0.4 is 49.7 Å². The molecular weight excluding hydrogens is 921 g/mol. The normalized spacial score (nSPS) is 15.0. The first-order valence-corrected chi connectivity index (χ1v) is 22.4. The number of anilines is 1. The number of aromatic nitrogens is 4. The highest BCUT2D eigenvalue weighted by atomic mass is 16.4. The highest BCUT2D eigenvalue weighted by molar-refractivity contribution is 6.06. The predicted octanol–water partition coefficient (Wildman–Crippen LogP) is -0.0655. The molecule has 0 saturated carbocycles. The monoisotopic (exact) mass is 991 g/mol. The van der Waals surface area contributed by atoms with Gasteiger partial charge in [0.05, 0.1) is 17.1 Å². The number of unbranched alkanes of at least 4 members (excludes halogenated alkanes) is 2. The van der Waals surface area contributed by atoms with Crippen LogP contribution in [0.1, 0.15) is 93.9 Å². The topological polar surface area (TPSA) is 449 Å². The van der Waals surface area contributed by atoms with E-state index >= 15 is 0 Å². The third kappa shape index (κ3) is 22.8. The molecule has 0 aliphatic carbocycles. The molecule has 1 aliphatic heterocycles. The number of pyridine rings is 2. The van der Waals surface area contributed by atoms with Crippen molar-refractivity contribution in [2.75, 3.05) is 18.4 Å². The standard InChI is InChI=1S/2C12H18N2O4.C11H18N4O3.C9H16N4O3/c1-8-11(16)10(15)5-7-14(8)6-3-2-4-9(13)12(17)18;1-8-6-10(15)11(16)7-14(8)5-3-2-4-9(13)12(17)18;1-6-9(16)7(2)15-11(14-6)13-5-3-4-8(12)10(17)18;1-5-7(14)13-9(12-5)11-4-2-3-6(10)8(15)16/h5,7,9,16H,2-4,6,13H2,1H3,(H,17,18);6-7,9,16H,2-5,13H2,1H3,(H,17,18);8,16H,3-5,12H2,1-2H3,(H,17,18)(H,13,14,15);5-6H,2-4,10H2,1H3,(H,15,16)(H2,11,12,13,14)/t;9-;;/m.1../s1. The Bertz CT molecular complexity index is 2310. The summed E-state index contributed by atoms with van der Waals surface area (Å²) in [5, 5.41) is 71.0. The summed E-state index contributed by atoms with van der Waals surface area (Å²) in [5.41, 5.74) is 23.0. The number of carbonyl (C=O) groups is 5. The van der Waals surface area contributed by atoms with Crippen molar-refractivity contribution in [1.82, 2.24) is 29.7 Å². The Morgan fingerprint density at radius 1 is 0.700 bits per heavy atom. The van der Waals surface area contributed by atoms with Crippen LogP contribution in [0.15, 0.2) is 39.1 Å². The molecule has 26 nitrogen and oxygen atoms in total. The van der Waals surface area contributed by atoms with Gasteiger partial charge in [-0.05, 0) is 98.8 Å². The molecule has 4 heterocycles. The molecule has 0 bridgehead atoms. The fourth-order valence-electron chi connectivity index (χ4n) is 6.02. The molecule has 1 saturated heterocycles. The Labute approximate surface area is 403 Å². The fourth-order valence-corrected chi connectivity index (χ4v) is 6.02. The Kier molecular flexibility index (Phi) is 27.0. The second-order valence-electron chi connectivity index (χ2n) is 16.3. The number of aryl methyl sites for hydroxylation is 5. The SMILES string of the molecule is CC1NC(=NCCCC(N)C(=O)O)NC1=O.Cc1c(O)c(=O)ccn1CCCCC(N)C(=O)O.Cc1cc(=O)c(O)cn1CCCC[C@@H](N)C(=O)O.Cc1nc(NCCCC(N)C(=O)O)nc(C)c1O. The van der Waals surface area contributed by atoms with Crippen LogP contribution in [0.4, 0.5) is 5.95 Å². The molecule has 1 fully saturated rings. The third-order valence-electron chi connectivity index (χ3n) is 10.5. The lowest BCUT2D eigenvalue weighted by Crippen LogP contribution is -2.30. The molecule has 3 aromatic rings. The summed E-state index contributed by atoms with van der Waals surface area (Å²) < 4.78 is 3.53. The number of hydrogen-bond donors (Lipinski definition) is 14. The molecule has 0 aromatic carbocycles. The van der Waals surface area contributed by atoms with Gasteiger partial charge in [-0.2, -0.15) is 0 Å². The number of carboxylic acids is 4. The van der Waals surface area contributed by atoms with E-state index in [4.69, 9.17) is 43.4 Å². The minimum atomic E-state index is -1.01. The molecule has 26 heteroatoms.